The lowest BCUT2D eigenvalue weighted by atomic mass is 9.88. The van der Waals surface area contributed by atoms with Crippen molar-refractivity contribution in [3.05, 3.63) is 53.5 Å². The molecule has 0 aliphatic carbocycles. The average molecular weight is 399 g/mol. The maximum Gasteiger partial charge on any atom is 0.287 e. The van der Waals surface area contributed by atoms with E-state index in [1.807, 2.05) is 0 Å². The summed E-state index contributed by atoms with van der Waals surface area (Å²) in [7, 11) is 1.71. The highest BCUT2D eigenvalue weighted by Crippen LogP contribution is 2.39. The Hall–Kier alpha value is -2.31. The van der Waals surface area contributed by atoms with Gasteiger partial charge in [0.1, 0.15) is 5.75 Å². The normalized spacial score (nSPS) is 21.4. The Morgan fingerprint density at radius 1 is 1.28 bits per heavy atom. The summed E-state index contributed by atoms with van der Waals surface area (Å²) in [5.74, 6) is 1.11. The predicted molar refractivity (Wildman–Crippen MR) is 110 cm³/mol. The van der Waals surface area contributed by atoms with Gasteiger partial charge in [-0.2, -0.15) is 0 Å². The summed E-state index contributed by atoms with van der Waals surface area (Å²) in [6.45, 7) is 5.66. The maximum absolute atomic E-state index is 12.0. The molecule has 29 heavy (non-hydrogen) atoms. The molecular weight excluding hydrogens is 368 g/mol. The quantitative estimate of drug-likeness (QED) is 0.806. The SMILES string of the molecule is COc1ccc(CN2CCC3(CC[C@@H](CNC(=O)c4ccco4)O3)CC2)cc1C. The van der Waals surface area contributed by atoms with Gasteiger partial charge < -0.3 is 19.2 Å². The first kappa shape index (κ1) is 20.0. The van der Waals surface area contributed by atoms with Gasteiger partial charge in [0.2, 0.25) is 0 Å². The number of carbonyl (C=O) groups is 1. The molecule has 0 saturated carbocycles. The minimum absolute atomic E-state index is 0.0214. The molecule has 156 valence electrons. The topological polar surface area (TPSA) is 63.9 Å². The molecule has 1 N–H and O–H groups in total. The van der Waals surface area contributed by atoms with Crippen molar-refractivity contribution in [3.63, 3.8) is 0 Å². The molecule has 2 aromatic rings. The van der Waals surface area contributed by atoms with Gasteiger partial charge in [0.25, 0.3) is 5.91 Å². The monoisotopic (exact) mass is 398 g/mol. The fraction of sp³-hybridized carbons (Fsp3) is 0.522. The molecule has 1 atom stereocenters. The first-order valence-electron chi connectivity index (χ1n) is 10.4. The van der Waals surface area contributed by atoms with E-state index >= 15 is 0 Å². The zero-order valence-electron chi connectivity index (χ0n) is 17.3. The predicted octanol–water partition coefficient (Wildman–Crippen LogP) is 3.54. The van der Waals surface area contributed by atoms with Crippen LogP contribution in [-0.2, 0) is 11.3 Å². The van der Waals surface area contributed by atoms with Gasteiger partial charge in [-0.15, -0.1) is 0 Å². The van der Waals surface area contributed by atoms with Crippen LogP contribution < -0.4 is 10.1 Å². The van der Waals surface area contributed by atoms with Crippen LogP contribution in [0.1, 0.15) is 47.4 Å². The van der Waals surface area contributed by atoms with Crippen molar-refractivity contribution >= 4 is 5.91 Å². The number of carbonyl (C=O) groups excluding carboxylic acids is 1. The lowest BCUT2D eigenvalue weighted by Gasteiger charge is -2.39. The number of rotatable bonds is 6. The number of amides is 1. The summed E-state index contributed by atoms with van der Waals surface area (Å²) in [5.41, 5.74) is 2.48. The van der Waals surface area contributed by atoms with Crippen LogP contribution in [0.4, 0.5) is 0 Å². The van der Waals surface area contributed by atoms with Crippen molar-refractivity contribution in [3.8, 4) is 5.75 Å². The number of nitrogens with one attached hydrogen (secondary N) is 1. The van der Waals surface area contributed by atoms with E-state index in [0.29, 0.717) is 12.3 Å². The van der Waals surface area contributed by atoms with Crippen LogP contribution in [0.25, 0.3) is 0 Å². The molecule has 1 aromatic carbocycles. The number of furan rings is 1. The van der Waals surface area contributed by atoms with Gasteiger partial charge in [0.05, 0.1) is 25.1 Å². The Balaban J connectivity index is 1.24. The Morgan fingerprint density at radius 3 is 2.79 bits per heavy atom. The van der Waals surface area contributed by atoms with Gasteiger partial charge in [0.15, 0.2) is 5.76 Å². The molecule has 6 nitrogen and oxygen atoms in total. The zero-order valence-corrected chi connectivity index (χ0v) is 17.3. The largest absolute Gasteiger partial charge is 0.496 e. The molecule has 6 heteroatoms. The fourth-order valence-electron chi connectivity index (χ4n) is 4.52. The first-order valence-corrected chi connectivity index (χ1v) is 10.4. The molecule has 1 amide bonds. The van der Waals surface area contributed by atoms with Crippen LogP contribution in [0.2, 0.25) is 0 Å². The minimum atomic E-state index is -0.177. The highest BCUT2D eigenvalue weighted by atomic mass is 16.5. The van der Waals surface area contributed by atoms with Crippen molar-refractivity contribution in [1.29, 1.82) is 0 Å². The van der Waals surface area contributed by atoms with Crippen molar-refractivity contribution < 1.29 is 18.7 Å². The van der Waals surface area contributed by atoms with E-state index in [9.17, 15) is 4.79 Å². The van der Waals surface area contributed by atoms with E-state index in [1.54, 1.807) is 19.2 Å². The number of methoxy groups -OCH3 is 1. The first-order chi connectivity index (χ1) is 14.1. The summed E-state index contributed by atoms with van der Waals surface area (Å²) in [6.07, 6.45) is 5.76. The molecule has 2 saturated heterocycles. The number of benzene rings is 1. The summed E-state index contributed by atoms with van der Waals surface area (Å²) >= 11 is 0. The van der Waals surface area contributed by atoms with E-state index in [4.69, 9.17) is 13.9 Å². The maximum atomic E-state index is 12.0. The summed E-state index contributed by atoms with van der Waals surface area (Å²) in [5, 5.41) is 2.93. The Morgan fingerprint density at radius 2 is 2.10 bits per heavy atom. The van der Waals surface area contributed by atoms with Gasteiger partial charge in [-0.25, -0.2) is 0 Å². The van der Waals surface area contributed by atoms with E-state index in [0.717, 1.165) is 51.1 Å². The number of hydrogen-bond acceptors (Lipinski definition) is 5. The zero-order chi connectivity index (χ0) is 20.3. The van der Waals surface area contributed by atoms with E-state index in [1.165, 1.54) is 17.4 Å². The lowest BCUT2D eigenvalue weighted by molar-refractivity contribution is -0.0764. The second kappa shape index (κ2) is 8.59. The molecule has 1 aromatic heterocycles. The smallest absolute Gasteiger partial charge is 0.287 e. The molecular formula is C23H30N2O4. The van der Waals surface area contributed by atoms with Crippen LogP contribution >= 0.6 is 0 Å². The molecule has 2 fully saturated rings. The van der Waals surface area contributed by atoms with Crippen molar-refractivity contribution in [2.24, 2.45) is 0 Å². The summed E-state index contributed by atoms with van der Waals surface area (Å²) in [6, 6.07) is 9.81. The number of likely N-dealkylation sites (tertiary alicyclic amines) is 1. The highest BCUT2D eigenvalue weighted by molar-refractivity contribution is 5.91. The molecule has 3 heterocycles. The molecule has 0 radical (unpaired) electrons. The Kier molecular flexibility index (Phi) is 5.92. The summed E-state index contributed by atoms with van der Waals surface area (Å²) in [4.78, 5) is 14.5. The number of aryl methyl sites for hydroxylation is 1. The van der Waals surface area contributed by atoms with Crippen molar-refractivity contribution in [2.75, 3.05) is 26.7 Å². The Bertz CT molecular complexity index is 825. The van der Waals surface area contributed by atoms with Crippen LogP contribution in [0.3, 0.4) is 0 Å². The van der Waals surface area contributed by atoms with Gasteiger partial charge in [0, 0.05) is 26.2 Å². The fourth-order valence-corrected chi connectivity index (χ4v) is 4.52. The van der Waals surface area contributed by atoms with Gasteiger partial charge >= 0.3 is 0 Å². The third-order valence-electron chi connectivity index (χ3n) is 6.21. The number of piperidine rings is 1. The van der Waals surface area contributed by atoms with Crippen LogP contribution in [-0.4, -0.2) is 49.3 Å². The second-order valence-electron chi connectivity index (χ2n) is 8.23. The third-order valence-corrected chi connectivity index (χ3v) is 6.21. The molecule has 2 aliphatic heterocycles. The number of hydrogen-bond donors (Lipinski definition) is 1. The third kappa shape index (κ3) is 4.65. The van der Waals surface area contributed by atoms with Crippen molar-refractivity contribution in [1.82, 2.24) is 10.2 Å². The van der Waals surface area contributed by atoms with E-state index in [-0.39, 0.29) is 17.6 Å². The average Bonchev–Trinajstić information content (AvgIpc) is 3.39. The molecule has 4 rings (SSSR count). The molecule has 0 bridgehead atoms. The lowest BCUT2D eigenvalue weighted by Crippen LogP contribution is -2.44. The molecule has 1 spiro atoms. The second-order valence-corrected chi connectivity index (χ2v) is 8.23. The van der Waals surface area contributed by atoms with Crippen LogP contribution in [0, 0.1) is 6.92 Å². The standard InChI is InChI=1S/C23H30N2O4/c1-17-14-18(5-6-20(17)27-2)16-25-11-9-23(10-12-25)8-7-19(29-23)15-24-22(26)21-4-3-13-28-21/h3-6,13-14,19H,7-12,15-16H2,1-2H3,(H,24,26)/t19-/m0/s1. The van der Waals surface area contributed by atoms with E-state index in [2.05, 4.69) is 35.3 Å². The number of nitrogens with zero attached hydrogens (tertiary/aromatic N) is 1. The Labute approximate surface area is 172 Å². The van der Waals surface area contributed by atoms with Gasteiger partial charge in [-0.3, -0.25) is 9.69 Å². The van der Waals surface area contributed by atoms with Crippen LogP contribution in [0.15, 0.2) is 41.0 Å². The molecule has 2 aliphatic rings. The van der Waals surface area contributed by atoms with Crippen LogP contribution in [0.5, 0.6) is 5.75 Å². The highest BCUT2D eigenvalue weighted by Gasteiger charge is 2.42. The van der Waals surface area contributed by atoms with Gasteiger partial charge in [-0.05, 0) is 61.9 Å². The summed E-state index contributed by atoms with van der Waals surface area (Å²) < 4.78 is 16.9. The van der Waals surface area contributed by atoms with E-state index < -0.39 is 0 Å². The number of ether oxygens (including phenoxy) is 2. The van der Waals surface area contributed by atoms with Crippen molar-refractivity contribution in [2.45, 2.75) is 50.9 Å². The minimum Gasteiger partial charge on any atom is -0.496 e. The van der Waals surface area contributed by atoms with Gasteiger partial charge in [-0.1, -0.05) is 12.1 Å². The molecule has 0 unspecified atom stereocenters.